The number of piperidine rings is 1. The van der Waals surface area contributed by atoms with Gasteiger partial charge in [-0.05, 0) is 43.2 Å². The lowest BCUT2D eigenvalue weighted by Crippen LogP contribution is -2.46. The summed E-state index contributed by atoms with van der Waals surface area (Å²) in [5.74, 6) is 0. The van der Waals surface area contributed by atoms with Gasteiger partial charge in [-0.15, -0.1) is 0 Å². The first-order chi connectivity index (χ1) is 14.6. The first-order valence-electron chi connectivity index (χ1n) is 9.84. The van der Waals surface area contributed by atoms with Crippen LogP contribution in [0.15, 0.2) is 63.1 Å². The highest BCUT2D eigenvalue weighted by Gasteiger charge is 2.31. The van der Waals surface area contributed by atoms with Crippen molar-refractivity contribution in [3.63, 3.8) is 0 Å². The van der Waals surface area contributed by atoms with E-state index in [1.54, 1.807) is 38.4 Å². The number of nitrogens with one attached hydrogen (secondary N) is 1. The number of aryl methyl sites for hydroxylation is 2. The van der Waals surface area contributed by atoms with Crippen LogP contribution >= 0.6 is 0 Å². The number of hydrogen-bond acceptors (Lipinski definition) is 5. The van der Waals surface area contributed by atoms with Gasteiger partial charge in [0.25, 0.3) is 0 Å². The maximum atomic E-state index is 13.1. The average Bonchev–Trinajstić information content (AvgIpc) is 2.98. The van der Waals surface area contributed by atoms with E-state index in [9.17, 15) is 21.6 Å². The Morgan fingerprint density at radius 2 is 1.45 bits per heavy atom. The van der Waals surface area contributed by atoms with E-state index in [0.717, 1.165) is 0 Å². The minimum absolute atomic E-state index is 0.115. The zero-order valence-electron chi connectivity index (χ0n) is 17.2. The Balaban J connectivity index is 1.50. The molecule has 1 aliphatic rings. The Labute approximate surface area is 181 Å². The highest BCUT2D eigenvalue weighted by Crippen LogP contribution is 2.24. The number of rotatable bonds is 5. The zero-order chi connectivity index (χ0) is 22.4. The molecule has 1 saturated heterocycles. The Hall–Kier alpha value is -2.47. The monoisotopic (exact) mass is 464 g/mol. The Morgan fingerprint density at radius 1 is 0.839 bits per heavy atom. The number of benzene rings is 2. The van der Waals surface area contributed by atoms with Crippen molar-refractivity contribution in [3.8, 4) is 0 Å². The summed E-state index contributed by atoms with van der Waals surface area (Å²) in [6, 6.07) is 12.4. The van der Waals surface area contributed by atoms with Crippen molar-refractivity contribution in [2.45, 2.75) is 28.7 Å². The Bertz CT molecular complexity index is 1380. The lowest BCUT2D eigenvalue weighted by atomic mass is 10.1. The van der Waals surface area contributed by atoms with Crippen LogP contribution in [0.5, 0.6) is 0 Å². The van der Waals surface area contributed by atoms with Gasteiger partial charge in [0.15, 0.2) is 0 Å². The van der Waals surface area contributed by atoms with Crippen LogP contribution in [0.2, 0.25) is 0 Å². The molecular weight excluding hydrogens is 440 g/mol. The van der Waals surface area contributed by atoms with Gasteiger partial charge in [-0.25, -0.2) is 26.4 Å². The number of nitrogens with zero attached hydrogens (tertiary/aromatic N) is 3. The van der Waals surface area contributed by atoms with Gasteiger partial charge in [-0.2, -0.15) is 4.31 Å². The van der Waals surface area contributed by atoms with Crippen molar-refractivity contribution in [3.05, 3.63) is 59.0 Å². The number of aromatic nitrogens is 2. The van der Waals surface area contributed by atoms with E-state index in [1.807, 2.05) is 0 Å². The van der Waals surface area contributed by atoms with Crippen molar-refractivity contribution in [2.75, 3.05) is 13.1 Å². The van der Waals surface area contributed by atoms with Gasteiger partial charge in [0.05, 0.1) is 20.8 Å². The second kappa shape index (κ2) is 7.90. The van der Waals surface area contributed by atoms with Gasteiger partial charge in [0, 0.05) is 33.2 Å². The van der Waals surface area contributed by atoms with Crippen molar-refractivity contribution in [2.24, 2.45) is 14.1 Å². The molecule has 9 nitrogen and oxygen atoms in total. The highest BCUT2D eigenvalue weighted by atomic mass is 32.2. The summed E-state index contributed by atoms with van der Waals surface area (Å²) in [4.78, 5) is 12.4. The summed E-state index contributed by atoms with van der Waals surface area (Å²) in [5, 5.41) is 0. The predicted molar refractivity (Wildman–Crippen MR) is 117 cm³/mol. The number of imidazole rings is 1. The summed E-state index contributed by atoms with van der Waals surface area (Å²) in [6.07, 6.45) is 0.745. The highest BCUT2D eigenvalue weighted by molar-refractivity contribution is 7.89. The fraction of sp³-hybridized carbons (Fsp3) is 0.350. The molecule has 0 atom stereocenters. The molecule has 1 fully saturated rings. The number of hydrogen-bond donors (Lipinski definition) is 1. The van der Waals surface area contributed by atoms with Crippen LogP contribution in [-0.4, -0.2) is 49.4 Å². The molecule has 2 aromatic carbocycles. The fourth-order valence-corrected chi connectivity index (χ4v) is 6.71. The molecule has 1 aromatic heterocycles. The molecule has 0 bridgehead atoms. The van der Waals surface area contributed by atoms with E-state index >= 15 is 0 Å². The number of sulfonamides is 2. The molecule has 166 valence electrons. The molecule has 0 unspecified atom stereocenters. The molecule has 3 aromatic rings. The van der Waals surface area contributed by atoms with Crippen LogP contribution in [-0.2, 0) is 34.1 Å². The Morgan fingerprint density at radius 3 is 2.10 bits per heavy atom. The van der Waals surface area contributed by atoms with Crippen molar-refractivity contribution in [1.82, 2.24) is 18.2 Å². The third kappa shape index (κ3) is 3.93. The fourth-order valence-electron chi connectivity index (χ4n) is 3.90. The molecule has 0 radical (unpaired) electrons. The van der Waals surface area contributed by atoms with Crippen LogP contribution in [0.25, 0.3) is 11.0 Å². The topological polar surface area (TPSA) is 110 Å². The molecule has 0 amide bonds. The van der Waals surface area contributed by atoms with Gasteiger partial charge < -0.3 is 0 Å². The summed E-state index contributed by atoms with van der Waals surface area (Å²) in [5.41, 5.74) is 0.968. The van der Waals surface area contributed by atoms with E-state index in [1.165, 1.54) is 37.7 Å². The molecule has 11 heteroatoms. The molecule has 0 aliphatic carbocycles. The van der Waals surface area contributed by atoms with Crippen LogP contribution in [0.4, 0.5) is 0 Å². The van der Waals surface area contributed by atoms with Crippen LogP contribution in [0.3, 0.4) is 0 Å². The van der Waals surface area contributed by atoms with Gasteiger partial charge >= 0.3 is 5.69 Å². The van der Waals surface area contributed by atoms with E-state index < -0.39 is 20.0 Å². The van der Waals surface area contributed by atoms with Gasteiger partial charge in [-0.1, -0.05) is 18.2 Å². The normalized spacial score (nSPS) is 16.7. The molecular formula is C20H24N4O5S2. The molecule has 0 spiro atoms. The van der Waals surface area contributed by atoms with Gasteiger partial charge in [-0.3, -0.25) is 9.13 Å². The largest absolute Gasteiger partial charge is 0.328 e. The minimum atomic E-state index is -3.76. The van der Waals surface area contributed by atoms with Crippen LogP contribution in [0.1, 0.15) is 12.8 Å². The third-order valence-electron chi connectivity index (χ3n) is 5.71. The quantitative estimate of drug-likeness (QED) is 0.606. The van der Waals surface area contributed by atoms with Crippen LogP contribution in [0, 0.1) is 0 Å². The lowest BCUT2D eigenvalue weighted by molar-refractivity contribution is 0.308. The summed E-state index contributed by atoms with van der Waals surface area (Å²) >= 11 is 0. The van der Waals surface area contributed by atoms with Gasteiger partial charge in [0.1, 0.15) is 0 Å². The number of fused-ring (bicyclic) bond motifs is 1. The first-order valence-corrected chi connectivity index (χ1v) is 12.8. The van der Waals surface area contributed by atoms with E-state index in [0.29, 0.717) is 23.9 Å². The molecule has 1 N–H and O–H groups in total. The molecule has 4 rings (SSSR count). The lowest BCUT2D eigenvalue weighted by Gasteiger charge is -2.31. The summed E-state index contributed by atoms with van der Waals surface area (Å²) < 4.78 is 58.2. The summed E-state index contributed by atoms with van der Waals surface area (Å²) in [7, 11) is -4.17. The predicted octanol–water partition coefficient (Wildman–Crippen LogP) is 1.01. The average molecular weight is 465 g/mol. The van der Waals surface area contributed by atoms with Crippen LogP contribution < -0.4 is 10.4 Å². The second-order valence-corrected chi connectivity index (χ2v) is 11.3. The molecule has 31 heavy (non-hydrogen) atoms. The smallest absolute Gasteiger partial charge is 0.295 e. The first kappa shape index (κ1) is 21.8. The van der Waals surface area contributed by atoms with E-state index in [-0.39, 0.29) is 34.6 Å². The summed E-state index contributed by atoms with van der Waals surface area (Å²) in [6.45, 7) is 0.409. The van der Waals surface area contributed by atoms with Crippen molar-refractivity contribution in [1.29, 1.82) is 0 Å². The zero-order valence-corrected chi connectivity index (χ0v) is 18.9. The van der Waals surface area contributed by atoms with E-state index in [4.69, 9.17) is 0 Å². The Kier molecular flexibility index (Phi) is 5.54. The SMILES string of the molecule is Cn1c(=O)n(C)c2cc(S(=O)(=O)N3CCC(NS(=O)(=O)c4ccccc4)CC3)ccc21. The van der Waals surface area contributed by atoms with Crippen molar-refractivity contribution < 1.29 is 16.8 Å². The minimum Gasteiger partial charge on any atom is -0.295 e. The van der Waals surface area contributed by atoms with Gasteiger partial charge in [0.2, 0.25) is 20.0 Å². The molecule has 2 heterocycles. The maximum Gasteiger partial charge on any atom is 0.328 e. The van der Waals surface area contributed by atoms with E-state index in [2.05, 4.69) is 4.72 Å². The third-order valence-corrected chi connectivity index (χ3v) is 9.14. The van der Waals surface area contributed by atoms with Crippen molar-refractivity contribution >= 4 is 31.1 Å². The second-order valence-electron chi connectivity index (χ2n) is 7.66. The molecule has 0 saturated carbocycles. The molecule has 1 aliphatic heterocycles. The maximum absolute atomic E-state index is 13.1. The standard InChI is InChI=1S/C20H24N4O5S2/c1-22-18-9-8-17(14-19(18)23(2)20(22)25)31(28,29)24-12-10-15(11-13-24)21-30(26,27)16-6-4-3-5-7-16/h3-9,14-15,21H,10-13H2,1-2H3.